The van der Waals surface area contributed by atoms with Crippen LogP contribution in [0.4, 0.5) is 5.69 Å². The van der Waals surface area contributed by atoms with Gasteiger partial charge in [0.25, 0.3) is 5.91 Å². The number of likely N-dealkylation sites (tertiary alicyclic amines) is 1. The van der Waals surface area contributed by atoms with Crippen LogP contribution in [0.3, 0.4) is 0 Å². The summed E-state index contributed by atoms with van der Waals surface area (Å²) in [7, 11) is 0. The van der Waals surface area contributed by atoms with Crippen LogP contribution < -0.4 is 5.32 Å². The Morgan fingerprint density at radius 2 is 2.00 bits per heavy atom. The molecule has 3 aliphatic rings. The third-order valence-electron chi connectivity index (χ3n) is 6.83. The number of para-hydroxylation sites is 2. The molecule has 3 aliphatic heterocycles. The number of nitrogens with one attached hydrogen (secondary N) is 1. The molecule has 2 fully saturated rings. The van der Waals surface area contributed by atoms with E-state index >= 15 is 0 Å². The summed E-state index contributed by atoms with van der Waals surface area (Å²) in [5.74, 6) is 0.229. The standard InChI is InChI=1S/C23H24N4O3/c1-16-13-19(30-25-16)21(28)26-11-8-22(9-12-26)14-23(15-29-22)20-7-4-10-27(20)18-6-3-2-5-17(18)24-23/h2-7,10,13,24H,8-9,11-12,14-15H2,1H3. The number of piperidine rings is 1. The highest BCUT2D eigenvalue weighted by Gasteiger charge is 2.54. The molecule has 1 amide bonds. The molecule has 1 aromatic carbocycles. The van der Waals surface area contributed by atoms with Gasteiger partial charge in [0, 0.05) is 31.8 Å². The Balaban J connectivity index is 1.23. The highest BCUT2D eigenvalue weighted by atomic mass is 16.5. The number of nitrogens with zero attached hydrogens (tertiary/aromatic N) is 3. The van der Waals surface area contributed by atoms with E-state index in [-0.39, 0.29) is 17.0 Å². The molecule has 7 nitrogen and oxygen atoms in total. The van der Waals surface area contributed by atoms with Crippen molar-refractivity contribution < 1.29 is 14.1 Å². The van der Waals surface area contributed by atoms with E-state index in [0.717, 1.165) is 30.6 Å². The van der Waals surface area contributed by atoms with E-state index in [2.05, 4.69) is 57.6 Å². The van der Waals surface area contributed by atoms with Crippen LogP contribution in [0.2, 0.25) is 0 Å². The lowest BCUT2D eigenvalue weighted by atomic mass is 9.79. The Morgan fingerprint density at radius 1 is 1.17 bits per heavy atom. The predicted molar refractivity (Wildman–Crippen MR) is 111 cm³/mol. The Kier molecular flexibility index (Phi) is 3.68. The van der Waals surface area contributed by atoms with Crippen molar-refractivity contribution in [1.29, 1.82) is 0 Å². The first kappa shape index (κ1) is 17.8. The maximum absolute atomic E-state index is 12.7. The lowest BCUT2D eigenvalue weighted by Crippen LogP contribution is -2.48. The number of anilines is 1. The molecule has 7 heteroatoms. The maximum atomic E-state index is 12.7. The zero-order valence-corrected chi connectivity index (χ0v) is 16.9. The quantitative estimate of drug-likeness (QED) is 0.672. The monoisotopic (exact) mass is 404 g/mol. The average Bonchev–Trinajstić information content (AvgIpc) is 3.49. The zero-order chi connectivity index (χ0) is 20.3. The van der Waals surface area contributed by atoms with Crippen molar-refractivity contribution in [2.75, 3.05) is 25.0 Å². The van der Waals surface area contributed by atoms with Crippen molar-refractivity contribution in [3.05, 3.63) is 65.8 Å². The van der Waals surface area contributed by atoms with Crippen molar-refractivity contribution in [3.63, 3.8) is 0 Å². The fraction of sp³-hybridized carbons (Fsp3) is 0.391. The summed E-state index contributed by atoms with van der Waals surface area (Å²) in [6.45, 7) is 3.77. The first-order valence-electron chi connectivity index (χ1n) is 10.5. The summed E-state index contributed by atoms with van der Waals surface area (Å²) in [6, 6.07) is 14.4. The Hall–Kier alpha value is -3.06. The SMILES string of the molecule is Cc1cc(C(=O)N2CCC3(CC2)CC2(CO3)Nc3ccccc3-n3cccc32)on1. The molecule has 30 heavy (non-hydrogen) atoms. The molecule has 154 valence electrons. The molecule has 0 radical (unpaired) electrons. The van der Waals surface area contributed by atoms with Crippen LogP contribution in [-0.2, 0) is 10.3 Å². The molecule has 3 aromatic rings. The summed E-state index contributed by atoms with van der Waals surface area (Å²) >= 11 is 0. The van der Waals surface area contributed by atoms with E-state index < -0.39 is 0 Å². The van der Waals surface area contributed by atoms with Crippen molar-refractivity contribution in [2.24, 2.45) is 0 Å². The lowest BCUT2D eigenvalue weighted by Gasteiger charge is -2.41. The van der Waals surface area contributed by atoms with Crippen LogP contribution in [-0.4, -0.2) is 45.8 Å². The van der Waals surface area contributed by atoms with E-state index in [9.17, 15) is 4.79 Å². The van der Waals surface area contributed by atoms with Gasteiger partial charge in [-0.1, -0.05) is 17.3 Å². The van der Waals surface area contributed by atoms with Crippen LogP contribution in [0.5, 0.6) is 0 Å². The van der Waals surface area contributed by atoms with Crippen molar-refractivity contribution in [3.8, 4) is 5.69 Å². The average molecular weight is 404 g/mol. The predicted octanol–water partition coefficient (Wildman–Crippen LogP) is 3.49. The second kappa shape index (κ2) is 6.22. The zero-order valence-electron chi connectivity index (χ0n) is 16.9. The highest BCUT2D eigenvalue weighted by molar-refractivity contribution is 5.91. The molecule has 0 bridgehead atoms. The van der Waals surface area contributed by atoms with Gasteiger partial charge in [0.2, 0.25) is 5.76 Å². The smallest absolute Gasteiger partial charge is 0.292 e. The number of benzene rings is 1. The van der Waals surface area contributed by atoms with Gasteiger partial charge in [-0.3, -0.25) is 4.79 Å². The largest absolute Gasteiger partial charge is 0.372 e. The van der Waals surface area contributed by atoms with Gasteiger partial charge >= 0.3 is 0 Å². The van der Waals surface area contributed by atoms with E-state index in [1.807, 2.05) is 11.8 Å². The number of carbonyl (C=O) groups is 1. The number of ether oxygens (including phenoxy) is 1. The second-order valence-corrected chi connectivity index (χ2v) is 8.76. The van der Waals surface area contributed by atoms with Gasteiger partial charge in [-0.05, 0) is 44.0 Å². The van der Waals surface area contributed by atoms with Gasteiger partial charge < -0.3 is 24.0 Å². The number of rotatable bonds is 1. The summed E-state index contributed by atoms with van der Waals surface area (Å²) in [5.41, 5.74) is 3.81. The first-order chi connectivity index (χ1) is 14.6. The summed E-state index contributed by atoms with van der Waals surface area (Å²) in [5, 5.41) is 7.64. The second-order valence-electron chi connectivity index (χ2n) is 8.76. The van der Waals surface area contributed by atoms with Gasteiger partial charge in [0.15, 0.2) is 0 Å². The van der Waals surface area contributed by atoms with Gasteiger partial charge in [0.1, 0.15) is 5.54 Å². The minimum absolute atomic E-state index is 0.0863. The molecule has 2 aromatic heterocycles. The number of carbonyl (C=O) groups excluding carboxylic acids is 1. The Bertz CT molecular complexity index is 1120. The molecule has 1 atom stereocenters. The van der Waals surface area contributed by atoms with Crippen LogP contribution in [0.15, 0.2) is 53.2 Å². The molecule has 1 N–H and O–H groups in total. The van der Waals surface area contributed by atoms with E-state index in [4.69, 9.17) is 9.26 Å². The van der Waals surface area contributed by atoms with Gasteiger partial charge in [-0.2, -0.15) is 0 Å². The summed E-state index contributed by atoms with van der Waals surface area (Å²) in [6.07, 6.45) is 4.65. The summed E-state index contributed by atoms with van der Waals surface area (Å²) in [4.78, 5) is 14.6. The number of amides is 1. The molecular formula is C23H24N4O3. The number of fused-ring (bicyclic) bond motifs is 4. The number of aryl methyl sites for hydroxylation is 1. The highest BCUT2D eigenvalue weighted by Crippen LogP contribution is 2.50. The van der Waals surface area contributed by atoms with Crippen LogP contribution in [0.25, 0.3) is 5.69 Å². The van der Waals surface area contributed by atoms with Crippen molar-refractivity contribution >= 4 is 11.6 Å². The fourth-order valence-corrected chi connectivity index (χ4v) is 5.32. The summed E-state index contributed by atoms with van der Waals surface area (Å²) < 4.78 is 13.9. The van der Waals surface area contributed by atoms with Crippen molar-refractivity contribution in [2.45, 2.75) is 37.3 Å². The van der Waals surface area contributed by atoms with Crippen LogP contribution in [0.1, 0.15) is 41.2 Å². The third kappa shape index (κ3) is 2.55. The first-order valence-corrected chi connectivity index (χ1v) is 10.5. The molecule has 0 aliphatic carbocycles. The Labute approximate surface area is 174 Å². The number of hydrogen-bond donors (Lipinski definition) is 1. The molecule has 6 rings (SSSR count). The molecule has 2 spiro atoms. The third-order valence-corrected chi connectivity index (χ3v) is 6.83. The maximum Gasteiger partial charge on any atom is 0.292 e. The minimum atomic E-state index is -0.244. The number of aromatic nitrogens is 2. The molecular weight excluding hydrogens is 380 g/mol. The molecule has 0 saturated carbocycles. The molecule has 5 heterocycles. The normalized spacial score (nSPS) is 24.0. The lowest BCUT2D eigenvalue weighted by molar-refractivity contribution is -0.0397. The van der Waals surface area contributed by atoms with Gasteiger partial charge in [-0.15, -0.1) is 0 Å². The number of hydrogen-bond acceptors (Lipinski definition) is 5. The van der Waals surface area contributed by atoms with Crippen molar-refractivity contribution in [1.82, 2.24) is 14.6 Å². The Morgan fingerprint density at radius 3 is 2.80 bits per heavy atom. The van der Waals surface area contributed by atoms with Crippen LogP contribution >= 0.6 is 0 Å². The van der Waals surface area contributed by atoms with E-state index in [1.165, 1.54) is 11.4 Å². The van der Waals surface area contributed by atoms with Gasteiger partial charge in [-0.25, -0.2) is 0 Å². The fourth-order valence-electron chi connectivity index (χ4n) is 5.32. The van der Waals surface area contributed by atoms with Gasteiger partial charge in [0.05, 0.1) is 35.0 Å². The molecule has 2 saturated heterocycles. The van der Waals surface area contributed by atoms with E-state index in [1.54, 1.807) is 6.07 Å². The minimum Gasteiger partial charge on any atom is -0.372 e. The van der Waals surface area contributed by atoms with E-state index in [0.29, 0.717) is 25.5 Å². The topological polar surface area (TPSA) is 72.5 Å². The molecule has 1 unspecified atom stereocenters. The van der Waals surface area contributed by atoms with Crippen LogP contribution in [0, 0.1) is 6.92 Å².